The average molecular weight is 412 g/mol. The third-order valence-electron chi connectivity index (χ3n) is 3.59. The summed E-state index contributed by atoms with van der Waals surface area (Å²) in [4.78, 5) is 56.2. The molecule has 1 unspecified atom stereocenters. The van der Waals surface area contributed by atoms with E-state index in [1.54, 1.807) is 0 Å². The van der Waals surface area contributed by atoms with Crippen molar-refractivity contribution in [1.82, 2.24) is 15.2 Å². The summed E-state index contributed by atoms with van der Waals surface area (Å²) in [6.45, 7) is -0.748. The Balaban J connectivity index is 1.73. The van der Waals surface area contributed by atoms with E-state index in [9.17, 15) is 19.2 Å². The van der Waals surface area contributed by atoms with Gasteiger partial charge < -0.3 is 20.4 Å². The summed E-state index contributed by atoms with van der Waals surface area (Å²) in [6, 6.07) is -0.936. The maximum Gasteiger partial charge on any atom is 0.352 e. The Labute approximate surface area is 159 Å². The monoisotopic (exact) mass is 412 g/mol. The summed E-state index contributed by atoms with van der Waals surface area (Å²) >= 11 is 2.50. The molecule has 0 aromatic carbocycles. The summed E-state index contributed by atoms with van der Waals surface area (Å²) in [7, 11) is 0. The van der Waals surface area contributed by atoms with Crippen LogP contribution in [0.5, 0.6) is 0 Å². The van der Waals surface area contributed by atoms with Gasteiger partial charge in [0, 0.05) is 11.1 Å². The predicted octanol–water partition coefficient (Wildman–Crippen LogP) is -0.683. The van der Waals surface area contributed by atoms with Crippen molar-refractivity contribution in [3.05, 3.63) is 28.4 Å². The molecule has 1 aromatic rings. The molecule has 11 nitrogen and oxygen atoms in total. The zero-order chi connectivity index (χ0) is 19.6. The fourth-order valence-corrected chi connectivity index (χ4v) is 4.17. The minimum atomic E-state index is -1.27. The number of fused-ring (bicyclic) bond motifs is 1. The third kappa shape index (κ3) is 3.78. The topological polar surface area (TPSA) is 158 Å². The van der Waals surface area contributed by atoms with Crippen molar-refractivity contribution < 1.29 is 34.2 Å². The molecule has 2 aliphatic heterocycles. The first-order chi connectivity index (χ1) is 12.9. The molecule has 1 aromatic heterocycles. The van der Waals surface area contributed by atoms with Gasteiger partial charge in [0.1, 0.15) is 22.8 Å². The second-order valence-electron chi connectivity index (χ2n) is 5.26. The van der Waals surface area contributed by atoms with Gasteiger partial charge in [0.2, 0.25) is 6.61 Å². The van der Waals surface area contributed by atoms with Crippen molar-refractivity contribution >= 4 is 52.6 Å². The zero-order valence-electron chi connectivity index (χ0n) is 13.4. The lowest BCUT2D eigenvalue weighted by Gasteiger charge is -2.48. The van der Waals surface area contributed by atoms with Crippen molar-refractivity contribution in [2.24, 2.45) is 5.16 Å². The normalized spacial score (nSPS) is 21.6. The number of amides is 2. The number of aromatic nitrogens is 1. The molecule has 3 N–H and O–H groups in total. The van der Waals surface area contributed by atoms with Gasteiger partial charge >= 0.3 is 11.9 Å². The highest BCUT2D eigenvalue weighted by molar-refractivity contribution is 8.00. The highest BCUT2D eigenvalue weighted by atomic mass is 32.2. The maximum absolute atomic E-state index is 12.5. The van der Waals surface area contributed by atoms with E-state index in [1.165, 1.54) is 40.1 Å². The first-order valence-corrected chi connectivity index (χ1v) is 9.38. The van der Waals surface area contributed by atoms with E-state index in [1.807, 2.05) is 0 Å². The summed E-state index contributed by atoms with van der Waals surface area (Å²) < 4.78 is 0. The lowest BCUT2D eigenvalue weighted by Crippen LogP contribution is -2.70. The van der Waals surface area contributed by atoms with Gasteiger partial charge in [-0.25, -0.2) is 14.6 Å². The Morgan fingerprint density at radius 1 is 1.41 bits per heavy atom. The summed E-state index contributed by atoms with van der Waals surface area (Å²) in [5.74, 6) is -3.44. The van der Waals surface area contributed by atoms with E-state index in [0.29, 0.717) is 5.75 Å². The van der Waals surface area contributed by atoms with Crippen LogP contribution in [0, 0.1) is 0 Å². The summed E-state index contributed by atoms with van der Waals surface area (Å²) in [6.07, 6.45) is 1.43. The number of nitrogens with zero attached hydrogens (tertiary/aromatic N) is 3. The second kappa shape index (κ2) is 7.75. The van der Waals surface area contributed by atoms with Gasteiger partial charge in [0.05, 0.1) is 5.51 Å². The van der Waals surface area contributed by atoms with Crippen molar-refractivity contribution in [3.63, 3.8) is 0 Å². The number of carboxylic acid groups (broad SMARTS) is 2. The molecule has 3 heterocycles. The van der Waals surface area contributed by atoms with E-state index < -0.39 is 41.8 Å². The molecule has 1 fully saturated rings. The quantitative estimate of drug-likeness (QED) is 0.299. The Kier molecular flexibility index (Phi) is 5.41. The number of rotatable bonds is 7. The van der Waals surface area contributed by atoms with Crippen LogP contribution >= 0.6 is 23.1 Å². The molecule has 0 radical (unpaired) electrons. The molecule has 1 saturated heterocycles. The zero-order valence-corrected chi connectivity index (χ0v) is 15.0. The number of thiazole rings is 1. The third-order valence-corrected chi connectivity index (χ3v) is 5.36. The fourth-order valence-electron chi connectivity index (χ4n) is 2.43. The van der Waals surface area contributed by atoms with Crippen LogP contribution in [-0.2, 0) is 24.0 Å². The van der Waals surface area contributed by atoms with Gasteiger partial charge in [0.25, 0.3) is 11.8 Å². The molecule has 13 heteroatoms. The van der Waals surface area contributed by atoms with Gasteiger partial charge in [-0.15, -0.1) is 23.1 Å². The molecular weight excluding hydrogens is 400 g/mol. The number of nitrogens with one attached hydrogen (secondary N) is 1. The molecular formula is C14H12N4O7S2. The van der Waals surface area contributed by atoms with Crippen LogP contribution in [0.25, 0.3) is 0 Å². The largest absolute Gasteiger partial charge is 0.479 e. The SMILES string of the molecule is O=C(O)CON=C(C(=O)NC1C(=O)N2C(C(=O)O)=CCS[C@@H]12)c1cscn1. The number of carbonyl (C=O) groups is 4. The molecule has 2 atom stereocenters. The lowest BCUT2D eigenvalue weighted by atomic mass is 10.0. The Morgan fingerprint density at radius 3 is 2.81 bits per heavy atom. The number of carbonyl (C=O) groups excluding carboxylic acids is 2. The molecule has 0 spiro atoms. The van der Waals surface area contributed by atoms with Gasteiger partial charge in [-0.2, -0.15) is 0 Å². The molecule has 0 saturated carbocycles. The van der Waals surface area contributed by atoms with Crippen LogP contribution in [0.2, 0.25) is 0 Å². The first-order valence-electron chi connectivity index (χ1n) is 7.39. The molecule has 0 bridgehead atoms. The van der Waals surface area contributed by atoms with Crippen molar-refractivity contribution in [2.45, 2.75) is 11.4 Å². The summed E-state index contributed by atoms with van der Waals surface area (Å²) in [5, 5.41) is 24.7. The summed E-state index contributed by atoms with van der Waals surface area (Å²) in [5.41, 5.74) is 1.21. The number of aliphatic carboxylic acids is 2. The number of hydrogen-bond acceptors (Lipinski definition) is 9. The molecule has 2 aliphatic rings. The minimum absolute atomic E-state index is 0.118. The van der Waals surface area contributed by atoms with E-state index in [0.717, 1.165) is 4.90 Å². The lowest BCUT2D eigenvalue weighted by molar-refractivity contribution is -0.150. The van der Waals surface area contributed by atoms with Gasteiger partial charge in [-0.3, -0.25) is 14.5 Å². The van der Waals surface area contributed by atoms with E-state index >= 15 is 0 Å². The Bertz CT molecular complexity index is 852. The van der Waals surface area contributed by atoms with E-state index in [-0.39, 0.29) is 17.1 Å². The number of carboxylic acids is 2. The van der Waals surface area contributed by atoms with E-state index in [4.69, 9.17) is 10.2 Å². The molecule has 27 heavy (non-hydrogen) atoms. The van der Waals surface area contributed by atoms with Gasteiger partial charge in [-0.05, 0) is 6.08 Å². The van der Waals surface area contributed by atoms with Crippen LogP contribution in [-0.4, -0.2) is 73.3 Å². The van der Waals surface area contributed by atoms with Crippen molar-refractivity contribution in [1.29, 1.82) is 0 Å². The molecule has 3 rings (SSSR count). The minimum Gasteiger partial charge on any atom is -0.479 e. The fraction of sp³-hybridized carbons (Fsp3) is 0.286. The number of thioether (sulfide) groups is 1. The van der Waals surface area contributed by atoms with Crippen molar-refractivity contribution in [3.8, 4) is 0 Å². The van der Waals surface area contributed by atoms with Gasteiger partial charge in [-0.1, -0.05) is 5.16 Å². The number of hydrogen-bond donors (Lipinski definition) is 3. The van der Waals surface area contributed by atoms with Crippen LogP contribution < -0.4 is 5.32 Å². The first kappa shape index (κ1) is 18.8. The van der Waals surface area contributed by atoms with E-state index in [2.05, 4.69) is 20.3 Å². The van der Waals surface area contributed by atoms with Crippen LogP contribution in [0.15, 0.2) is 27.8 Å². The van der Waals surface area contributed by atoms with Crippen LogP contribution in [0.1, 0.15) is 5.69 Å². The molecule has 0 aliphatic carbocycles. The number of oxime groups is 1. The van der Waals surface area contributed by atoms with Crippen molar-refractivity contribution in [2.75, 3.05) is 12.4 Å². The highest BCUT2D eigenvalue weighted by Gasteiger charge is 2.53. The predicted molar refractivity (Wildman–Crippen MR) is 93.0 cm³/mol. The highest BCUT2D eigenvalue weighted by Crippen LogP contribution is 2.37. The van der Waals surface area contributed by atoms with Crippen LogP contribution in [0.4, 0.5) is 0 Å². The molecule has 142 valence electrons. The van der Waals surface area contributed by atoms with Crippen LogP contribution in [0.3, 0.4) is 0 Å². The average Bonchev–Trinajstić information content (AvgIpc) is 3.16. The Morgan fingerprint density at radius 2 is 2.19 bits per heavy atom. The standard InChI is InChI=1S/C14H12N4O7S2/c19-8(20)3-25-17-9(6-4-26-5-15-6)11(21)16-10-12(22)18-7(14(23)24)1-2-27-13(10)18/h1,4-5,10,13H,2-3H2,(H,16,21)(H,19,20)(H,23,24)/t10?,13-/m0/s1. The van der Waals surface area contributed by atoms with Gasteiger partial charge in [0.15, 0.2) is 5.71 Å². The Hall–Kier alpha value is -2.93. The maximum atomic E-state index is 12.5. The second-order valence-corrected chi connectivity index (χ2v) is 7.13. The number of β-lactam (4-membered cyclic amide) rings is 1. The smallest absolute Gasteiger partial charge is 0.352 e. The molecule has 2 amide bonds.